The average Bonchev–Trinajstić information content (AvgIpc) is 2.82. The number of carbonyl (C=O) groups excluding carboxylic acids is 2. The van der Waals surface area contributed by atoms with E-state index in [1.54, 1.807) is 24.3 Å². The lowest BCUT2D eigenvalue weighted by atomic mass is 9.80. The third-order valence-electron chi connectivity index (χ3n) is 5.32. The number of nitriles is 1. The first-order chi connectivity index (χ1) is 16.0. The van der Waals surface area contributed by atoms with Crippen LogP contribution in [0.3, 0.4) is 0 Å². The van der Waals surface area contributed by atoms with E-state index >= 15 is 0 Å². The molecule has 1 aliphatic rings. The van der Waals surface area contributed by atoms with Crippen molar-refractivity contribution >= 4 is 17.6 Å². The Morgan fingerprint density at radius 2 is 1.68 bits per heavy atom. The minimum absolute atomic E-state index is 0.0697. The first-order valence-electron chi connectivity index (χ1n) is 9.89. The van der Waals surface area contributed by atoms with Crippen LogP contribution in [0.1, 0.15) is 22.6 Å². The number of esters is 2. The molecule has 0 amide bonds. The Bertz CT molecular complexity index is 1240. The second kappa shape index (κ2) is 9.31. The van der Waals surface area contributed by atoms with Gasteiger partial charge in [0, 0.05) is 5.69 Å². The van der Waals surface area contributed by atoms with Crippen molar-refractivity contribution in [2.45, 2.75) is 19.0 Å². The molecule has 7 nitrogen and oxygen atoms in total. The van der Waals surface area contributed by atoms with Crippen LogP contribution in [0, 0.1) is 18.3 Å². The topological polar surface area (TPSA) is 106 Å². The van der Waals surface area contributed by atoms with Crippen molar-refractivity contribution in [2.24, 2.45) is 5.73 Å². The van der Waals surface area contributed by atoms with Crippen LogP contribution >= 0.6 is 0 Å². The fourth-order valence-corrected chi connectivity index (χ4v) is 3.72. The van der Waals surface area contributed by atoms with Gasteiger partial charge in [-0.3, -0.25) is 4.90 Å². The SMILES string of the molecule is COC(=O)C1=C(C(=O)OC)N(c2ccc(C)cc2)C(N)=C(C#N)C1c1cccc(C(F)(F)F)c1. The van der Waals surface area contributed by atoms with Gasteiger partial charge in [0.1, 0.15) is 11.5 Å². The standard InChI is InChI=1S/C24H20F3N3O4/c1-13-7-9-16(10-8-13)30-20(23(32)34-3)19(22(31)33-2)18(17(12-28)21(30)29)14-5-4-6-15(11-14)24(25,26)27/h4-11,18H,29H2,1-3H3. The zero-order valence-electron chi connectivity index (χ0n) is 18.4. The maximum Gasteiger partial charge on any atom is 0.416 e. The van der Waals surface area contributed by atoms with Crippen LogP contribution < -0.4 is 10.6 Å². The van der Waals surface area contributed by atoms with Gasteiger partial charge >= 0.3 is 18.1 Å². The number of anilines is 1. The van der Waals surface area contributed by atoms with E-state index in [0.717, 1.165) is 38.0 Å². The van der Waals surface area contributed by atoms with E-state index in [1.807, 2.05) is 13.0 Å². The zero-order valence-corrected chi connectivity index (χ0v) is 18.4. The molecule has 2 aromatic carbocycles. The Labute approximate surface area is 193 Å². The van der Waals surface area contributed by atoms with Crippen LogP contribution in [0.4, 0.5) is 18.9 Å². The van der Waals surface area contributed by atoms with Gasteiger partial charge in [-0.2, -0.15) is 18.4 Å². The van der Waals surface area contributed by atoms with Crippen molar-refractivity contribution in [2.75, 3.05) is 19.1 Å². The molecule has 0 aliphatic carbocycles. The molecule has 1 heterocycles. The molecule has 0 aromatic heterocycles. The molecule has 0 saturated carbocycles. The normalized spacial score (nSPS) is 16.3. The van der Waals surface area contributed by atoms with E-state index in [2.05, 4.69) is 0 Å². The molecule has 1 unspecified atom stereocenters. The number of halogens is 3. The Morgan fingerprint density at radius 3 is 2.21 bits per heavy atom. The summed E-state index contributed by atoms with van der Waals surface area (Å²) in [4.78, 5) is 27.0. The lowest BCUT2D eigenvalue weighted by Gasteiger charge is -2.36. The van der Waals surface area contributed by atoms with Crippen LogP contribution in [0.5, 0.6) is 0 Å². The smallest absolute Gasteiger partial charge is 0.416 e. The first kappa shape index (κ1) is 24.4. The molecule has 34 heavy (non-hydrogen) atoms. The van der Waals surface area contributed by atoms with Crippen molar-refractivity contribution in [3.63, 3.8) is 0 Å². The minimum atomic E-state index is -4.68. The van der Waals surface area contributed by atoms with Gasteiger partial charge in [-0.15, -0.1) is 0 Å². The van der Waals surface area contributed by atoms with Gasteiger partial charge in [-0.25, -0.2) is 9.59 Å². The number of nitrogens with two attached hydrogens (primary N) is 1. The lowest BCUT2D eigenvalue weighted by molar-refractivity contribution is -0.139. The number of benzene rings is 2. The monoisotopic (exact) mass is 471 g/mol. The van der Waals surface area contributed by atoms with Gasteiger partial charge < -0.3 is 15.2 Å². The third-order valence-corrected chi connectivity index (χ3v) is 5.32. The van der Waals surface area contributed by atoms with Crippen LogP contribution in [0.2, 0.25) is 0 Å². The summed E-state index contributed by atoms with van der Waals surface area (Å²) in [6.45, 7) is 1.83. The predicted molar refractivity (Wildman–Crippen MR) is 116 cm³/mol. The van der Waals surface area contributed by atoms with Gasteiger partial charge in [-0.1, -0.05) is 35.9 Å². The molecular formula is C24H20F3N3O4. The van der Waals surface area contributed by atoms with E-state index in [0.29, 0.717) is 5.69 Å². The highest BCUT2D eigenvalue weighted by atomic mass is 19.4. The van der Waals surface area contributed by atoms with Gasteiger partial charge in [0.2, 0.25) is 0 Å². The van der Waals surface area contributed by atoms with E-state index in [1.165, 1.54) is 11.0 Å². The molecule has 2 aromatic rings. The van der Waals surface area contributed by atoms with Crippen LogP contribution in [-0.2, 0) is 25.2 Å². The number of rotatable bonds is 4. The summed E-state index contributed by atoms with van der Waals surface area (Å²) in [7, 11) is 2.13. The maximum atomic E-state index is 13.4. The van der Waals surface area contributed by atoms with Crippen molar-refractivity contribution in [3.8, 4) is 6.07 Å². The summed E-state index contributed by atoms with van der Waals surface area (Å²) in [6, 6.07) is 12.7. The molecule has 0 radical (unpaired) electrons. The number of alkyl halides is 3. The Hall–Kier alpha value is -4.26. The third kappa shape index (κ3) is 4.32. The molecule has 176 valence electrons. The van der Waals surface area contributed by atoms with Crippen LogP contribution in [-0.4, -0.2) is 26.2 Å². The summed E-state index contributed by atoms with van der Waals surface area (Å²) in [5.74, 6) is -3.66. The van der Waals surface area contributed by atoms with Gasteiger partial charge in [0.15, 0.2) is 0 Å². The lowest BCUT2D eigenvalue weighted by Crippen LogP contribution is -2.40. The molecule has 0 fully saturated rings. The summed E-state index contributed by atoms with van der Waals surface area (Å²) < 4.78 is 50.0. The second-order valence-corrected chi connectivity index (χ2v) is 7.38. The number of aryl methyl sites for hydroxylation is 1. The van der Waals surface area contributed by atoms with Crippen LogP contribution in [0.25, 0.3) is 0 Å². The number of ether oxygens (including phenoxy) is 2. The number of allylic oxidation sites excluding steroid dienone is 1. The van der Waals surface area contributed by atoms with E-state index in [-0.39, 0.29) is 28.2 Å². The summed E-state index contributed by atoms with van der Waals surface area (Å²) >= 11 is 0. The van der Waals surface area contributed by atoms with Crippen molar-refractivity contribution in [3.05, 3.63) is 87.9 Å². The molecule has 10 heteroatoms. The molecule has 0 spiro atoms. The Morgan fingerprint density at radius 1 is 1.06 bits per heavy atom. The van der Waals surface area contributed by atoms with Crippen LogP contribution in [0.15, 0.2) is 71.2 Å². The predicted octanol–water partition coefficient (Wildman–Crippen LogP) is 3.91. The fourth-order valence-electron chi connectivity index (χ4n) is 3.72. The fraction of sp³-hybridized carbons (Fsp3) is 0.208. The zero-order chi connectivity index (χ0) is 25.2. The molecule has 0 bridgehead atoms. The van der Waals surface area contributed by atoms with E-state index < -0.39 is 29.6 Å². The molecular weight excluding hydrogens is 451 g/mol. The Balaban J connectivity index is 2.41. The van der Waals surface area contributed by atoms with Gasteiger partial charge in [0.25, 0.3) is 0 Å². The van der Waals surface area contributed by atoms with E-state index in [4.69, 9.17) is 15.2 Å². The summed E-state index contributed by atoms with van der Waals surface area (Å²) in [5.41, 5.74) is 5.50. The van der Waals surface area contributed by atoms with Crippen molar-refractivity contribution < 1.29 is 32.2 Å². The molecule has 1 atom stereocenters. The molecule has 0 saturated heterocycles. The van der Waals surface area contributed by atoms with Gasteiger partial charge in [0.05, 0.1) is 42.9 Å². The number of methoxy groups -OCH3 is 2. The van der Waals surface area contributed by atoms with Crippen molar-refractivity contribution in [1.29, 1.82) is 5.26 Å². The molecule has 1 aliphatic heterocycles. The summed E-state index contributed by atoms with van der Waals surface area (Å²) in [5, 5.41) is 9.96. The second-order valence-electron chi connectivity index (χ2n) is 7.38. The van der Waals surface area contributed by atoms with Crippen molar-refractivity contribution in [1.82, 2.24) is 0 Å². The minimum Gasteiger partial charge on any atom is -0.466 e. The highest BCUT2D eigenvalue weighted by Crippen LogP contribution is 2.44. The number of carbonyl (C=O) groups is 2. The highest BCUT2D eigenvalue weighted by Gasteiger charge is 2.43. The average molecular weight is 471 g/mol. The van der Waals surface area contributed by atoms with E-state index in [9.17, 15) is 28.0 Å². The quantitative estimate of drug-likeness (QED) is 0.674. The molecule has 2 N–H and O–H groups in total. The summed E-state index contributed by atoms with van der Waals surface area (Å²) in [6.07, 6.45) is -4.68. The number of hydrogen-bond acceptors (Lipinski definition) is 7. The number of nitrogens with zero attached hydrogens (tertiary/aromatic N) is 2. The van der Waals surface area contributed by atoms with Gasteiger partial charge in [-0.05, 0) is 30.7 Å². The Kier molecular flexibility index (Phi) is 6.68. The maximum absolute atomic E-state index is 13.4. The largest absolute Gasteiger partial charge is 0.466 e. The highest BCUT2D eigenvalue weighted by molar-refractivity contribution is 6.06. The number of hydrogen-bond donors (Lipinski definition) is 1. The molecule has 3 rings (SSSR count). The first-order valence-corrected chi connectivity index (χ1v) is 9.89.